The first kappa shape index (κ1) is 40.9. The van der Waals surface area contributed by atoms with Crippen molar-refractivity contribution >= 4 is 11.9 Å². The second-order valence-electron chi connectivity index (χ2n) is 12.8. The number of carbonyl (C=O) groups is 2. The van der Waals surface area contributed by atoms with Gasteiger partial charge in [0.05, 0.1) is 13.2 Å². The van der Waals surface area contributed by atoms with Gasteiger partial charge in [0.15, 0.2) is 0 Å². The fourth-order valence-corrected chi connectivity index (χ4v) is 5.65. The van der Waals surface area contributed by atoms with Gasteiger partial charge in [-0.3, -0.25) is 9.59 Å². The minimum absolute atomic E-state index is 0.0162. The monoisotopic (exact) mass is 595 g/mol. The highest BCUT2D eigenvalue weighted by Gasteiger charge is 2.04. The second-order valence-corrected chi connectivity index (χ2v) is 12.8. The van der Waals surface area contributed by atoms with Gasteiger partial charge in [0.2, 0.25) is 0 Å². The highest BCUT2D eigenvalue weighted by molar-refractivity contribution is 5.69. The first-order chi connectivity index (χ1) is 20.7. The average molecular weight is 595 g/mol. The molecule has 0 aromatic carbocycles. The summed E-state index contributed by atoms with van der Waals surface area (Å²) in [6, 6.07) is 0. The SMILES string of the molecule is CCCCCCCCCCCCCOC(=O)CCCCCCCCCCC(=O)OCCCCCCCCCCCCC. The first-order valence-corrected chi connectivity index (χ1v) is 19.0. The molecule has 0 fully saturated rings. The maximum Gasteiger partial charge on any atom is 0.305 e. The molecule has 0 rings (SSSR count). The Balaban J connectivity index is 3.23. The van der Waals surface area contributed by atoms with E-state index in [1.165, 1.54) is 154 Å². The van der Waals surface area contributed by atoms with Crippen LogP contribution in [-0.2, 0) is 19.1 Å². The first-order valence-electron chi connectivity index (χ1n) is 19.0. The number of ether oxygens (including phenoxy) is 2. The smallest absolute Gasteiger partial charge is 0.305 e. The van der Waals surface area contributed by atoms with Crippen LogP contribution in [0.4, 0.5) is 0 Å². The van der Waals surface area contributed by atoms with Crippen molar-refractivity contribution < 1.29 is 19.1 Å². The van der Waals surface area contributed by atoms with Crippen LogP contribution in [0.15, 0.2) is 0 Å². The van der Waals surface area contributed by atoms with Crippen molar-refractivity contribution in [2.24, 2.45) is 0 Å². The van der Waals surface area contributed by atoms with E-state index >= 15 is 0 Å². The van der Waals surface area contributed by atoms with E-state index < -0.39 is 0 Å². The Bertz CT molecular complexity index is 499. The third kappa shape index (κ3) is 35.1. The quantitative estimate of drug-likeness (QED) is 0.0541. The van der Waals surface area contributed by atoms with Crippen LogP contribution >= 0.6 is 0 Å². The van der Waals surface area contributed by atoms with Gasteiger partial charge in [0.1, 0.15) is 0 Å². The molecule has 0 aromatic rings. The van der Waals surface area contributed by atoms with Crippen molar-refractivity contribution in [1.29, 1.82) is 0 Å². The fraction of sp³-hybridized carbons (Fsp3) is 0.947. The Morgan fingerprint density at radius 2 is 0.524 bits per heavy atom. The molecule has 0 aliphatic carbocycles. The molecule has 0 atom stereocenters. The molecule has 0 aliphatic heterocycles. The standard InChI is InChI=1S/C38H74O4/c1-3-5-7-9-11-13-15-19-23-27-31-35-41-37(39)33-29-25-21-17-18-22-26-30-34-38(40)42-36-32-28-24-20-16-14-12-10-8-6-4-2/h3-36H2,1-2H3. The third-order valence-corrected chi connectivity index (χ3v) is 8.53. The topological polar surface area (TPSA) is 52.6 Å². The van der Waals surface area contributed by atoms with Crippen molar-refractivity contribution in [3.05, 3.63) is 0 Å². The normalized spacial score (nSPS) is 11.2. The van der Waals surface area contributed by atoms with E-state index in [1.807, 2.05) is 0 Å². The van der Waals surface area contributed by atoms with Crippen LogP contribution in [0.3, 0.4) is 0 Å². The number of esters is 2. The molecule has 0 N–H and O–H groups in total. The lowest BCUT2D eigenvalue weighted by molar-refractivity contribution is -0.144. The van der Waals surface area contributed by atoms with Crippen LogP contribution in [0.1, 0.15) is 219 Å². The molecule has 0 heterocycles. The average Bonchev–Trinajstić information content (AvgIpc) is 2.99. The van der Waals surface area contributed by atoms with Gasteiger partial charge in [0.25, 0.3) is 0 Å². The van der Waals surface area contributed by atoms with Crippen molar-refractivity contribution in [1.82, 2.24) is 0 Å². The molecule has 0 saturated heterocycles. The number of hydrogen-bond acceptors (Lipinski definition) is 4. The lowest BCUT2D eigenvalue weighted by Crippen LogP contribution is -2.05. The highest BCUT2D eigenvalue weighted by Crippen LogP contribution is 2.14. The molecule has 0 aliphatic rings. The molecular weight excluding hydrogens is 520 g/mol. The van der Waals surface area contributed by atoms with Crippen LogP contribution in [0, 0.1) is 0 Å². The van der Waals surface area contributed by atoms with E-state index in [0.717, 1.165) is 38.5 Å². The predicted octanol–water partition coefficient (Wildman–Crippen LogP) is 12.6. The summed E-state index contributed by atoms with van der Waals surface area (Å²) in [6.07, 6.45) is 39.0. The molecule has 0 amide bonds. The van der Waals surface area contributed by atoms with Gasteiger partial charge in [-0.2, -0.15) is 0 Å². The molecule has 4 nitrogen and oxygen atoms in total. The summed E-state index contributed by atoms with van der Waals surface area (Å²) >= 11 is 0. The summed E-state index contributed by atoms with van der Waals surface area (Å²) in [5, 5.41) is 0. The van der Waals surface area contributed by atoms with E-state index in [4.69, 9.17) is 9.47 Å². The minimum atomic E-state index is -0.0162. The summed E-state index contributed by atoms with van der Waals surface area (Å²) < 4.78 is 10.8. The van der Waals surface area contributed by atoms with Gasteiger partial charge in [-0.15, -0.1) is 0 Å². The summed E-state index contributed by atoms with van der Waals surface area (Å²) in [6.45, 7) is 5.74. The Morgan fingerprint density at radius 1 is 0.310 bits per heavy atom. The molecule has 0 spiro atoms. The Hall–Kier alpha value is -1.06. The van der Waals surface area contributed by atoms with E-state index in [2.05, 4.69) is 13.8 Å². The van der Waals surface area contributed by atoms with Crippen LogP contribution in [0.25, 0.3) is 0 Å². The molecule has 0 radical (unpaired) electrons. The summed E-state index contributed by atoms with van der Waals surface area (Å²) in [4.78, 5) is 23.8. The Kier molecular flexibility index (Phi) is 35.2. The van der Waals surface area contributed by atoms with Gasteiger partial charge in [0, 0.05) is 12.8 Å². The van der Waals surface area contributed by atoms with Gasteiger partial charge >= 0.3 is 11.9 Å². The van der Waals surface area contributed by atoms with Crippen molar-refractivity contribution in [3.8, 4) is 0 Å². The second kappa shape index (κ2) is 36.1. The predicted molar refractivity (Wildman–Crippen MR) is 181 cm³/mol. The van der Waals surface area contributed by atoms with Crippen molar-refractivity contribution in [2.45, 2.75) is 219 Å². The molecule has 0 aromatic heterocycles. The largest absolute Gasteiger partial charge is 0.466 e. The van der Waals surface area contributed by atoms with E-state index in [1.54, 1.807) is 0 Å². The number of hydrogen-bond donors (Lipinski definition) is 0. The molecular formula is C38H74O4. The molecule has 0 saturated carbocycles. The highest BCUT2D eigenvalue weighted by atomic mass is 16.5. The summed E-state index contributed by atoms with van der Waals surface area (Å²) in [5.74, 6) is -0.0325. The van der Waals surface area contributed by atoms with Crippen molar-refractivity contribution in [2.75, 3.05) is 13.2 Å². The molecule has 250 valence electrons. The fourth-order valence-electron chi connectivity index (χ4n) is 5.65. The molecule has 0 unspecified atom stereocenters. The zero-order valence-corrected chi connectivity index (χ0v) is 28.7. The lowest BCUT2D eigenvalue weighted by Gasteiger charge is -2.06. The number of rotatable bonds is 35. The molecule has 0 bridgehead atoms. The van der Waals surface area contributed by atoms with E-state index in [0.29, 0.717) is 26.1 Å². The van der Waals surface area contributed by atoms with Crippen LogP contribution < -0.4 is 0 Å². The summed E-state index contributed by atoms with van der Waals surface area (Å²) in [5.41, 5.74) is 0. The van der Waals surface area contributed by atoms with E-state index in [9.17, 15) is 9.59 Å². The van der Waals surface area contributed by atoms with Gasteiger partial charge in [-0.1, -0.05) is 181 Å². The van der Waals surface area contributed by atoms with Gasteiger partial charge in [-0.05, 0) is 25.7 Å². The molecule has 4 heteroatoms. The Labute approximate surface area is 263 Å². The maximum absolute atomic E-state index is 11.9. The van der Waals surface area contributed by atoms with E-state index in [-0.39, 0.29) is 11.9 Å². The number of unbranched alkanes of at least 4 members (excludes halogenated alkanes) is 27. The maximum atomic E-state index is 11.9. The van der Waals surface area contributed by atoms with Gasteiger partial charge < -0.3 is 9.47 Å². The van der Waals surface area contributed by atoms with Crippen molar-refractivity contribution in [3.63, 3.8) is 0 Å². The zero-order valence-electron chi connectivity index (χ0n) is 28.7. The number of carbonyl (C=O) groups excluding carboxylic acids is 2. The molecule has 42 heavy (non-hydrogen) atoms. The van der Waals surface area contributed by atoms with Crippen LogP contribution in [-0.4, -0.2) is 25.2 Å². The lowest BCUT2D eigenvalue weighted by atomic mass is 10.1. The van der Waals surface area contributed by atoms with Crippen LogP contribution in [0.5, 0.6) is 0 Å². The minimum Gasteiger partial charge on any atom is -0.466 e. The zero-order chi connectivity index (χ0) is 30.6. The van der Waals surface area contributed by atoms with Gasteiger partial charge in [-0.25, -0.2) is 0 Å². The van der Waals surface area contributed by atoms with Crippen LogP contribution in [0.2, 0.25) is 0 Å². The third-order valence-electron chi connectivity index (χ3n) is 8.53. The summed E-state index contributed by atoms with van der Waals surface area (Å²) in [7, 11) is 0. The Morgan fingerprint density at radius 3 is 0.786 bits per heavy atom.